The summed E-state index contributed by atoms with van der Waals surface area (Å²) in [5.74, 6) is 0.623. The van der Waals surface area contributed by atoms with Gasteiger partial charge in [-0.1, -0.05) is 6.92 Å². The van der Waals surface area contributed by atoms with Crippen molar-refractivity contribution in [2.75, 3.05) is 0 Å². The summed E-state index contributed by atoms with van der Waals surface area (Å²) in [6, 6.07) is 5.81. The summed E-state index contributed by atoms with van der Waals surface area (Å²) in [5, 5.41) is 13.7. The Morgan fingerprint density at radius 3 is 2.56 bits per heavy atom. The monoisotopic (exact) mass is 240 g/mol. The van der Waals surface area contributed by atoms with Gasteiger partial charge in [-0.3, -0.25) is 0 Å². The number of hydrogen-bond acceptors (Lipinski definition) is 3. The van der Waals surface area contributed by atoms with Crippen LogP contribution in [0.15, 0.2) is 12.1 Å². The van der Waals surface area contributed by atoms with Gasteiger partial charge in [-0.05, 0) is 44.9 Å². The Morgan fingerprint density at radius 2 is 2.00 bits per heavy atom. The van der Waals surface area contributed by atoms with Crippen LogP contribution in [0.2, 0.25) is 0 Å². The Hall–Kier alpha value is -2.15. The summed E-state index contributed by atoms with van der Waals surface area (Å²) in [4.78, 5) is 4.44. The molecule has 4 heteroatoms. The van der Waals surface area contributed by atoms with Gasteiger partial charge in [0.1, 0.15) is 6.07 Å². The van der Waals surface area contributed by atoms with E-state index in [1.165, 1.54) is 5.56 Å². The molecule has 0 aliphatic rings. The average molecular weight is 240 g/mol. The minimum absolute atomic E-state index is 0.550. The van der Waals surface area contributed by atoms with Gasteiger partial charge in [0, 0.05) is 11.4 Å². The van der Waals surface area contributed by atoms with Crippen molar-refractivity contribution in [3.8, 4) is 11.9 Å². The zero-order valence-corrected chi connectivity index (χ0v) is 11.2. The summed E-state index contributed by atoms with van der Waals surface area (Å²) in [6.45, 7) is 8.03. The lowest BCUT2D eigenvalue weighted by molar-refractivity contribution is 0.797. The van der Waals surface area contributed by atoms with E-state index in [0.29, 0.717) is 11.4 Å². The van der Waals surface area contributed by atoms with E-state index in [2.05, 4.69) is 23.1 Å². The third kappa shape index (κ3) is 1.88. The van der Waals surface area contributed by atoms with E-state index >= 15 is 0 Å². The van der Waals surface area contributed by atoms with Crippen molar-refractivity contribution >= 4 is 0 Å². The molecular weight excluding hydrogens is 224 g/mol. The van der Waals surface area contributed by atoms with Crippen molar-refractivity contribution in [2.24, 2.45) is 0 Å². The average Bonchev–Trinajstić information content (AvgIpc) is 2.64. The molecule has 0 amide bonds. The first-order chi connectivity index (χ1) is 8.58. The summed E-state index contributed by atoms with van der Waals surface area (Å²) >= 11 is 0. The number of nitrogens with zero attached hydrogens (tertiary/aromatic N) is 4. The fraction of sp³-hybridized carbons (Fsp3) is 0.357. The van der Waals surface area contributed by atoms with E-state index in [9.17, 15) is 0 Å². The predicted octanol–water partition coefficient (Wildman–Crippen LogP) is 2.63. The third-order valence-electron chi connectivity index (χ3n) is 3.13. The van der Waals surface area contributed by atoms with Crippen molar-refractivity contribution in [3.05, 3.63) is 40.3 Å². The van der Waals surface area contributed by atoms with E-state index in [1.807, 2.05) is 26.8 Å². The molecule has 0 N–H and O–H groups in total. The van der Waals surface area contributed by atoms with E-state index in [0.717, 1.165) is 23.5 Å². The zero-order valence-electron chi connectivity index (χ0n) is 11.2. The minimum atomic E-state index is 0.550. The Balaban J connectivity index is 2.70. The molecule has 0 atom stereocenters. The highest BCUT2D eigenvalue weighted by atomic mass is 15.3. The van der Waals surface area contributed by atoms with Crippen molar-refractivity contribution < 1.29 is 0 Å². The first-order valence-electron chi connectivity index (χ1n) is 6.01. The van der Waals surface area contributed by atoms with Gasteiger partial charge in [-0.15, -0.1) is 0 Å². The van der Waals surface area contributed by atoms with Crippen LogP contribution in [-0.4, -0.2) is 14.8 Å². The summed E-state index contributed by atoms with van der Waals surface area (Å²) < 4.78 is 1.78. The Kier molecular flexibility index (Phi) is 3.15. The van der Waals surface area contributed by atoms with Crippen LogP contribution in [0.3, 0.4) is 0 Å². The Bertz CT molecular complexity index is 632. The van der Waals surface area contributed by atoms with E-state index in [4.69, 9.17) is 5.26 Å². The van der Waals surface area contributed by atoms with E-state index in [1.54, 1.807) is 10.7 Å². The Labute approximate surface area is 107 Å². The van der Waals surface area contributed by atoms with Crippen LogP contribution in [0.1, 0.15) is 35.1 Å². The highest BCUT2D eigenvalue weighted by Gasteiger charge is 2.15. The summed E-state index contributed by atoms with van der Waals surface area (Å²) in [7, 11) is 0. The number of aromatic nitrogens is 3. The minimum Gasteiger partial charge on any atom is -0.233 e. The zero-order chi connectivity index (χ0) is 13.3. The molecule has 0 radical (unpaired) electrons. The number of hydrogen-bond donors (Lipinski definition) is 0. The van der Waals surface area contributed by atoms with Crippen molar-refractivity contribution in [2.45, 2.75) is 34.1 Å². The fourth-order valence-electron chi connectivity index (χ4n) is 2.18. The second kappa shape index (κ2) is 4.61. The van der Waals surface area contributed by atoms with Gasteiger partial charge in [-0.25, -0.2) is 9.67 Å². The van der Waals surface area contributed by atoms with Gasteiger partial charge < -0.3 is 0 Å². The number of rotatable bonds is 2. The lowest BCUT2D eigenvalue weighted by Crippen LogP contribution is -2.06. The molecule has 92 valence electrons. The van der Waals surface area contributed by atoms with Crippen LogP contribution >= 0.6 is 0 Å². The molecule has 2 heterocycles. The molecule has 4 nitrogen and oxygen atoms in total. The van der Waals surface area contributed by atoms with Crippen LogP contribution in [0.25, 0.3) is 5.82 Å². The second-order valence-electron chi connectivity index (χ2n) is 4.35. The van der Waals surface area contributed by atoms with Gasteiger partial charge in [0.25, 0.3) is 0 Å². The quantitative estimate of drug-likeness (QED) is 0.810. The topological polar surface area (TPSA) is 54.5 Å². The maximum Gasteiger partial charge on any atom is 0.171 e. The molecule has 0 saturated carbocycles. The molecule has 0 aliphatic carbocycles. The molecule has 0 saturated heterocycles. The third-order valence-corrected chi connectivity index (χ3v) is 3.13. The van der Waals surface area contributed by atoms with Crippen molar-refractivity contribution in [1.29, 1.82) is 5.26 Å². The van der Waals surface area contributed by atoms with Gasteiger partial charge in [0.15, 0.2) is 5.82 Å². The van der Waals surface area contributed by atoms with Crippen LogP contribution in [0.5, 0.6) is 0 Å². The molecule has 0 spiro atoms. The van der Waals surface area contributed by atoms with Crippen molar-refractivity contribution in [3.63, 3.8) is 0 Å². The lowest BCUT2D eigenvalue weighted by atomic mass is 10.1. The van der Waals surface area contributed by atoms with Gasteiger partial charge >= 0.3 is 0 Å². The van der Waals surface area contributed by atoms with Crippen LogP contribution in [0, 0.1) is 32.1 Å². The predicted molar refractivity (Wildman–Crippen MR) is 69.7 cm³/mol. The van der Waals surface area contributed by atoms with E-state index in [-0.39, 0.29) is 0 Å². The highest BCUT2D eigenvalue weighted by Crippen LogP contribution is 2.19. The second-order valence-corrected chi connectivity index (χ2v) is 4.35. The maximum atomic E-state index is 9.16. The standard InChI is InChI=1S/C14H16N4/c1-5-13-10(3)17-18(11(13)4)14-12(8-15)7-6-9(2)16-14/h6-7H,5H2,1-4H3. The molecule has 0 bridgehead atoms. The number of aryl methyl sites for hydroxylation is 2. The SMILES string of the molecule is CCc1c(C)nn(-c2nc(C)ccc2C#N)c1C. The van der Waals surface area contributed by atoms with Gasteiger partial charge in [0.2, 0.25) is 0 Å². The molecule has 0 unspecified atom stereocenters. The first kappa shape index (κ1) is 12.3. The number of pyridine rings is 1. The fourth-order valence-corrected chi connectivity index (χ4v) is 2.18. The van der Waals surface area contributed by atoms with Gasteiger partial charge in [-0.2, -0.15) is 10.4 Å². The highest BCUT2D eigenvalue weighted by molar-refractivity contribution is 5.45. The largest absolute Gasteiger partial charge is 0.233 e. The number of nitriles is 1. The Morgan fingerprint density at radius 1 is 1.28 bits per heavy atom. The lowest BCUT2D eigenvalue weighted by Gasteiger charge is -2.06. The van der Waals surface area contributed by atoms with Crippen LogP contribution in [-0.2, 0) is 6.42 Å². The molecule has 0 fully saturated rings. The first-order valence-corrected chi connectivity index (χ1v) is 6.01. The van der Waals surface area contributed by atoms with Crippen molar-refractivity contribution in [1.82, 2.24) is 14.8 Å². The van der Waals surface area contributed by atoms with E-state index < -0.39 is 0 Å². The molecular formula is C14H16N4. The summed E-state index contributed by atoms with van der Waals surface area (Å²) in [5.41, 5.74) is 4.72. The molecule has 18 heavy (non-hydrogen) atoms. The smallest absolute Gasteiger partial charge is 0.171 e. The molecule has 0 aliphatic heterocycles. The molecule has 2 rings (SSSR count). The normalized spacial score (nSPS) is 10.4. The maximum absolute atomic E-state index is 9.16. The van der Waals surface area contributed by atoms with Crippen LogP contribution in [0.4, 0.5) is 0 Å². The summed E-state index contributed by atoms with van der Waals surface area (Å²) in [6.07, 6.45) is 0.936. The molecule has 2 aromatic heterocycles. The van der Waals surface area contributed by atoms with Crippen LogP contribution < -0.4 is 0 Å². The van der Waals surface area contributed by atoms with Gasteiger partial charge in [0.05, 0.1) is 11.3 Å². The molecule has 0 aromatic carbocycles. The molecule has 2 aromatic rings.